The van der Waals surface area contributed by atoms with Gasteiger partial charge >= 0.3 is 6.18 Å². The van der Waals surface area contributed by atoms with E-state index in [9.17, 15) is 13.2 Å². The van der Waals surface area contributed by atoms with Gasteiger partial charge in [0.05, 0.1) is 18.3 Å². The predicted octanol–water partition coefficient (Wildman–Crippen LogP) is 4.22. The maximum absolute atomic E-state index is 12.6. The Morgan fingerprint density at radius 3 is 2.42 bits per heavy atom. The van der Waals surface area contributed by atoms with Crippen LogP contribution >= 0.6 is 0 Å². The number of hydrogen-bond acceptors (Lipinski definition) is 3. The van der Waals surface area contributed by atoms with Gasteiger partial charge in [-0.15, -0.1) is 0 Å². The van der Waals surface area contributed by atoms with Gasteiger partial charge in [-0.25, -0.2) is 0 Å². The molecule has 0 saturated carbocycles. The highest BCUT2D eigenvalue weighted by atomic mass is 19.4. The third kappa shape index (κ3) is 5.56. The summed E-state index contributed by atoms with van der Waals surface area (Å²) in [6, 6.07) is 13.5. The molecule has 2 aromatic carbocycles. The molecule has 0 radical (unpaired) electrons. The molecule has 1 aliphatic rings. The van der Waals surface area contributed by atoms with Crippen molar-refractivity contribution in [2.75, 3.05) is 6.54 Å². The topological polar surface area (TPSA) is 33.3 Å². The Balaban J connectivity index is 1.48. The van der Waals surface area contributed by atoms with E-state index in [1.165, 1.54) is 0 Å². The first-order valence-corrected chi connectivity index (χ1v) is 8.85. The molecule has 0 aliphatic carbocycles. The standard InChI is InChI=1S/C20H23F3N2O/c21-20(22,23)18-10-8-15(9-11-18)6-7-16-3-1-4-17(13-16)14-26-25-19-5-2-12-24-19/h1,3-4,8-11,13,19,24-25H,2,5-7,12,14H2. The van der Waals surface area contributed by atoms with E-state index >= 15 is 0 Å². The van der Waals surface area contributed by atoms with Crippen LogP contribution in [0, 0.1) is 0 Å². The van der Waals surface area contributed by atoms with Gasteiger partial charge in [0.15, 0.2) is 0 Å². The number of aryl methyl sites for hydroxylation is 2. The molecule has 1 unspecified atom stereocenters. The Morgan fingerprint density at radius 1 is 1.00 bits per heavy atom. The molecule has 0 spiro atoms. The van der Waals surface area contributed by atoms with E-state index in [0.29, 0.717) is 13.0 Å². The maximum atomic E-state index is 12.6. The molecule has 2 aromatic rings. The summed E-state index contributed by atoms with van der Waals surface area (Å²) in [4.78, 5) is 5.55. The number of alkyl halides is 3. The van der Waals surface area contributed by atoms with Gasteiger partial charge in [0, 0.05) is 0 Å². The fourth-order valence-corrected chi connectivity index (χ4v) is 3.03. The molecule has 26 heavy (non-hydrogen) atoms. The molecule has 0 amide bonds. The van der Waals surface area contributed by atoms with Crippen LogP contribution < -0.4 is 10.8 Å². The molecule has 1 saturated heterocycles. The Labute approximate surface area is 151 Å². The van der Waals surface area contributed by atoms with Crippen molar-refractivity contribution in [3.8, 4) is 0 Å². The number of hydrogen-bond donors (Lipinski definition) is 2. The third-order valence-corrected chi connectivity index (χ3v) is 4.50. The van der Waals surface area contributed by atoms with Crippen LogP contribution in [0.25, 0.3) is 0 Å². The van der Waals surface area contributed by atoms with Crippen molar-refractivity contribution >= 4 is 0 Å². The number of hydroxylamine groups is 1. The third-order valence-electron chi connectivity index (χ3n) is 4.50. The maximum Gasteiger partial charge on any atom is 0.416 e. The highest BCUT2D eigenvalue weighted by Crippen LogP contribution is 2.29. The van der Waals surface area contributed by atoms with Crippen LogP contribution in [0.5, 0.6) is 0 Å². The molecule has 6 heteroatoms. The summed E-state index contributed by atoms with van der Waals surface area (Å²) in [5.41, 5.74) is 5.53. The molecule has 3 nitrogen and oxygen atoms in total. The Hall–Kier alpha value is -1.89. The molecule has 2 N–H and O–H groups in total. The Kier molecular flexibility index (Phi) is 6.29. The van der Waals surface area contributed by atoms with Crippen molar-refractivity contribution in [1.82, 2.24) is 10.8 Å². The van der Waals surface area contributed by atoms with Gasteiger partial charge in [-0.1, -0.05) is 36.4 Å². The highest BCUT2D eigenvalue weighted by Gasteiger charge is 2.29. The quantitative estimate of drug-likeness (QED) is 0.722. The number of nitrogens with one attached hydrogen (secondary N) is 2. The molecule has 0 aromatic heterocycles. The largest absolute Gasteiger partial charge is 0.416 e. The first-order chi connectivity index (χ1) is 12.5. The highest BCUT2D eigenvalue weighted by molar-refractivity contribution is 5.27. The zero-order valence-corrected chi connectivity index (χ0v) is 14.5. The first-order valence-electron chi connectivity index (χ1n) is 8.85. The van der Waals surface area contributed by atoms with E-state index in [4.69, 9.17) is 4.84 Å². The smallest absolute Gasteiger partial charge is 0.300 e. The summed E-state index contributed by atoms with van der Waals surface area (Å²) in [5, 5.41) is 3.30. The van der Waals surface area contributed by atoms with Crippen LogP contribution in [-0.2, 0) is 30.5 Å². The van der Waals surface area contributed by atoms with Crippen molar-refractivity contribution in [3.05, 3.63) is 70.8 Å². The minimum Gasteiger partial charge on any atom is -0.300 e. The molecule has 140 valence electrons. The van der Waals surface area contributed by atoms with Gasteiger partial charge in [-0.2, -0.15) is 18.7 Å². The average Bonchev–Trinajstić information content (AvgIpc) is 3.13. The Morgan fingerprint density at radius 2 is 1.73 bits per heavy atom. The molecule has 1 heterocycles. The molecular weight excluding hydrogens is 341 g/mol. The fraction of sp³-hybridized carbons (Fsp3) is 0.400. The van der Waals surface area contributed by atoms with Gasteiger partial charge in [0.1, 0.15) is 0 Å². The summed E-state index contributed by atoms with van der Waals surface area (Å²) < 4.78 is 37.8. The van der Waals surface area contributed by atoms with E-state index < -0.39 is 11.7 Å². The van der Waals surface area contributed by atoms with E-state index in [2.05, 4.69) is 16.9 Å². The fourth-order valence-electron chi connectivity index (χ4n) is 3.03. The number of benzene rings is 2. The summed E-state index contributed by atoms with van der Waals surface area (Å²) in [6.45, 7) is 1.49. The van der Waals surface area contributed by atoms with E-state index in [1.807, 2.05) is 18.2 Å². The van der Waals surface area contributed by atoms with Gasteiger partial charge in [-0.3, -0.25) is 4.84 Å². The normalized spacial score (nSPS) is 17.6. The average molecular weight is 364 g/mol. The van der Waals surface area contributed by atoms with Crippen LogP contribution in [-0.4, -0.2) is 12.7 Å². The minimum absolute atomic E-state index is 0.220. The SMILES string of the molecule is FC(F)(F)c1ccc(CCc2cccc(CONC3CCCN3)c2)cc1. The van der Waals surface area contributed by atoms with Crippen LogP contribution in [0.3, 0.4) is 0 Å². The second-order valence-electron chi connectivity index (χ2n) is 6.57. The van der Waals surface area contributed by atoms with Crippen molar-refractivity contribution in [2.45, 2.75) is 44.6 Å². The van der Waals surface area contributed by atoms with E-state index in [-0.39, 0.29) is 6.17 Å². The van der Waals surface area contributed by atoms with Crippen LogP contribution in [0.15, 0.2) is 48.5 Å². The van der Waals surface area contributed by atoms with Crippen LogP contribution in [0.2, 0.25) is 0 Å². The van der Waals surface area contributed by atoms with Crippen molar-refractivity contribution in [3.63, 3.8) is 0 Å². The number of rotatable bonds is 7. The first kappa shape index (κ1) is 18.9. The van der Waals surface area contributed by atoms with E-state index in [0.717, 1.165) is 54.6 Å². The molecular formula is C20H23F3N2O. The monoisotopic (exact) mass is 364 g/mol. The molecule has 3 rings (SSSR count). The summed E-state index contributed by atoms with van der Waals surface area (Å²) in [6.07, 6.45) is -0.371. The van der Waals surface area contributed by atoms with Gasteiger partial charge in [-0.05, 0) is 61.1 Å². The summed E-state index contributed by atoms with van der Waals surface area (Å²) >= 11 is 0. The summed E-state index contributed by atoms with van der Waals surface area (Å²) in [7, 11) is 0. The Bertz CT molecular complexity index is 695. The zero-order chi connectivity index (χ0) is 18.4. The van der Waals surface area contributed by atoms with Gasteiger partial charge in [0.2, 0.25) is 0 Å². The van der Waals surface area contributed by atoms with Crippen LogP contribution in [0.1, 0.15) is 35.1 Å². The lowest BCUT2D eigenvalue weighted by molar-refractivity contribution is -0.137. The molecule has 0 bridgehead atoms. The van der Waals surface area contributed by atoms with E-state index in [1.54, 1.807) is 12.1 Å². The van der Waals surface area contributed by atoms with Gasteiger partial charge in [0.25, 0.3) is 0 Å². The second-order valence-corrected chi connectivity index (χ2v) is 6.57. The number of halogens is 3. The second kappa shape index (κ2) is 8.66. The van der Waals surface area contributed by atoms with Crippen molar-refractivity contribution < 1.29 is 18.0 Å². The van der Waals surface area contributed by atoms with Crippen molar-refractivity contribution in [2.24, 2.45) is 0 Å². The zero-order valence-electron chi connectivity index (χ0n) is 14.5. The predicted molar refractivity (Wildman–Crippen MR) is 94.2 cm³/mol. The lowest BCUT2D eigenvalue weighted by Gasteiger charge is -2.13. The van der Waals surface area contributed by atoms with Crippen molar-refractivity contribution in [1.29, 1.82) is 0 Å². The summed E-state index contributed by atoms with van der Waals surface area (Å²) in [5.74, 6) is 0. The van der Waals surface area contributed by atoms with Gasteiger partial charge < -0.3 is 5.32 Å². The minimum atomic E-state index is -4.28. The molecule has 1 aliphatic heterocycles. The lowest BCUT2D eigenvalue weighted by Crippen LogP contribution is -2.37. The lowest BCUT2D eigenvalue weighted by atomic mass is 10.0. The van der Waals surface area contributed by atoms with Crippen LogP contribution in [0.4, 0.5) is 13.2 Å². The molecule has 1 atom stereocenters. The molecule has 1 fully saturated rings.